The zero-order valence-corrected chi connectivity index (χ0v) is 11.1. The molecule has 1 heterocycles. The van der Waals surface area contributed by atoms with Crippen molar-refractivity contribution in [1.82, 2.24) is 4.98 Å². The molecular formula is C16H21NO. The van der Waals surface area contributed by atoms with Crippen LogP contribution in [0, 0.1) is 5.92 Å². The third-order valence-electron chi connectivity index (χ3n) is 3.32. The summed E-state index contributed by atoms with van der Waals surface area (Å²) in [6.07, 6.45) is 6.27. The number of fused-ring (bicyclic) bond motifs is 1. The summed E-state index contributed by atoms with van der Waals surface area (Å²) in [5, 5.41) is 12.5. The zero-order valence-electron chi connectivity index (χ0n) is 11.1. The molecule has 1 N–H and O–H groups in total. The highest BCUT2D eigenvalue weighted by molar-refractivity contribution is 5.84. The smallest absolute Gasteiger partial charge is 0.0811 e. The summed E-state index contributed by atoms with van der Waals surface area (Å²) in [4.78, 5) is 4.22. The summed E-state index contributed by atoms with van der Waals surface area (Å²) in [7, 11) is 0. The second-order valence-electron chi connectivity index (χ2n) is 5.29. The van der Waals surface area contributed by atoms with Gasteiger partial charge in [0, 0.05) is 23.3 Å². The van der Waals surface area contributed by atoms with E-state index in [2.05, 4.69) is 24.9 Å². The number of hydrogen-bond acceptors (Lipinski definition) is 2. The van der Waals surface area contributed by atoms with Gasteiger partial charge in [0.1, 0.15) is 0 Å². The fraction of sp³-hybridized carbons (Fsp3) is 0.438. The van der Waals surface area contributed by atoms with Gasteiger partial charge in [0.25, 0.3) is 0 Å². The monoisotopic (exact) mass is 243 g/mol. The molecule has 1 aromatic carbocycles. The van der Waals surface area contributed by atoms with Crippen molar-refractivity contribution in [1.29, 1.82) is 0 Å². The lowest BCUT2D eigenvalue weighted by Crippen LogP contribution is -2.00. The van der Waals surface area contributed by atoms with E-state index in [0.29, 0.717) is 5.92 Å². The molecule has 0 spiro atoms. The van der Waals surface area contributed by atoms with Gasteiger partial charge >= 0.3 is 0 Å². The van der Waals surface area contributed by atoms with Gasteiger partial charge in [-0.2, -0.15) is 0 Å². The number of hydrogen-bond donors (Lipinski definition) is 1. The van der Waals surface area contributed by atoms with Crippen LogP contribution in [-0.4, -0.2) is 10.1 Å². The molecule has 2 rings (SSSR count). The molecule has 18 heavy (non-hydrogen) atoms. The Hall–Kier alpha value is -1.41. The van der Waals surface area contributed by atoms with E-state index < -0.39 is 6.10 Å². The van der Waals surface area contributed by atoms with Crippen molar-refractivity contribution in [3.05, 3.63) is 42.2 Å². The highest BCUT2D eigenvalue weighted by Crippen LogP contribution is 2.26. The molecule has 1 aromatic heterocycles. The standard InChI is InChI=1S/C16H21NO/c1-12(2)6-5-9-16(18)15-11-17-10-13-7-3-4-8-14(13)15/h3-4,7-8,10-12,16,18H,5-6,9H2,1-2H3. The molecule has 0 aliphatic carbocycles. The fourth-order valence-corrected chi connectivity index (χ4v) is 2.28. The maximum atomic E-state index is 10.3. The van der Waals surface area contributed by atoms with Crippen LogP contribution in [0.2, 0.25) is 0 Å². The molecule has 1 atom stereocenters. The maximum Gasteiger partial charge on any atom is 0.0811 e. The Morgan fingerprint density at radius 3 is 2.67 bits per heavy atom. The lowest BCUT2D eigenvalue weighted by atomic mass is 9.98. The second-order valence-corrected chi connectivity index (χ2v) is 5.29. The summed E-state index contributed by atoms with van der Waals surface area (Å²) in [6, 6.07) is 8.09. The van der Waals surface area contributed by atoms with E-state index in [4.69, 9.17) is 0 Å². The van der Waals surface area contributed by atoms with Gasteiger partial charge in [0.15, 0.2) is 0 Å². The van der Waals surface area contributed by atoms with Crippen molar-refractivity contribution < 1.29 is 5.11 Å². The Morgan fingerprint density at radius 1 is 1.11 bits per heavy atom. The lowest BCUT2D eigenvalue weighted by molar-refractivity contribution is 0.163. The number of aliphatic hydroxyl groups is 1. The minimum atomic E-state index is -0.401. The van der Waals surface area contributed by atoms with E-state index in [-0.39, 0.29) is 0 Å². The number of nitrogens with zero attached hydrogens (tertiary/aromatic N) is 1. The van der Waals surface area contributed by atoms with Crippen molar-refractivity contribution >= 4 is 10.8 Å². The van der Waals surface area contributed by atoms with Gasteiger partial charge in [0.2, 0.25) is 0 Å². The van der Waals surface area contributed by atoms with Crippen LogP contribution in [0.3, 0.4) is 0 Å². The third-order valence-corrected chi connectivity index (χ3v) is 3.32. The molecule has 2 aromatic rings. The van der Waals surface area contributed by atoms with Gasteiger partial charge in [-0.05, 0) is 17.7 Å². The average molecular weight is 243 g/mol. The molecule has 0 radical (unpaired) electrons. The number of aliphatic hydroxyl groups excluding tert-OH is 1. The zero-order chi connectivity index (χ0) is 13.0. The first kappa shape index (κ1) is 13.0. The Bertz CT molecular complexity index is 502. The molecule has 0 amide bonds. The number of aromatic nitrogens is 1. The summed E-state index contributed by atoms with van der Waals surface area (Å²) < 4.78 is 0. The van der Waals surface area contributed by atoms with E-state index in [1.54, 1.807) is 6.20 Å². The van der Waals surface area contributed by atoms with Crippen LogP contribution in [0.1, 0.15) is 44.8 Å². The predicted molar refractivity (Wildman–Crippen MR) is 75.4 cm³/mol. The molecule has 0 saturated heterocycles. The average Bonchev–Trinajstić information content (AvgIpc) is 2.37. The van der Waals surface area contributed by atoms with Crippen LogP contribution in [0.4, 0.5) is 0 Å². The van der Waals surface area contributed by atoms with E-state index in [0.717, 1.165) is 35.6 Å². The molecule has 2 nitrogen and oxygen atoms in total. The van der Waals surface area contributed by atoms with E-state index in [1.165, 1.54) is 0 Å². The first-order valence-corrected chi connectivity index (χ1v) is 6.69. The van der Waals surface area contributed by atoms with Crippen LogP contribution in [0.5, 0.6) is 0 Å². The largest absolute Gasteiger partial charge is 0.388 e. The lowest BCUT2D eigenvalue weighted by Gasteiger charge is -2.13. The number of rotatable bonds is 5. The predicted octanol–water partition coefficient (Wildman–Crippen LogP) is 4.09. The minimum absolute atomic E-state index is 0.401. The topological polar surface area (TPSA) is 33.1 Å². The Balaban J connectivity index is 2.15. The summed E-state index contributed by atoms with van der Waals surface area (Å²) in [5.41, 5.74) is 0.955. The van der Waals surface area contributed by atoms with Crippen LogP contribution in [0.25, 0.3) is 10.8 Å². The van der Waals surface area contributed by atoms with E-state index in [9.17, 15) is 5.11 Å². The van der Waals surface area contributed by atoms with Crippen LogP contribution in [-0.2, 0) is 0 Å². The molecule has 0 fully saturated rings. The van der Waals surface area contributed by atoms with Crippen molar-refractivity contribution in [2.45, 2.75) is 39.2 Å². The van der Waals surface area contributed by atoms with Crippen molar-refractivity contribution in [2.24, 2.45) is 5.92 Å². The molecule has 1 unspecified atom stereocenters. The van der Waals surface area contributed by atoms with Crippen LogP contribution >= 0.6 is 0 Å². The van der Waals surface area contributed by atoms with Crippen molar-refractivity contribution in [2.75, 3.05) is 0 Å². The molecule has 0 aliphatic heterocycles. The van der Waals surface area contributed by atoms with Crippen molar-refractivity contribution in [3.8, 4) is 0 Å². The summed E-state index contributed by atoms with van der Waals surface area (Å²) in [5.74, 6) is 0.697. The summed E-state index contributed by atoms with van der Waals surface area (Å²) in [6.45, 7) is 4.43. The molecule has 0 bridgehead atoms. The van der Waals surface area contributed by atoms with Crippen LogP contribution in [0.15, 0.2) is 36.7 Å². The van der Waals surface area contributed by atoms with Gasteiger partial charge in [-0.15, -0.1) is 0 Å². The molecule has 2 heteroatoms. The molecule has 96 valence electrons. The SMILES string of the molecule is CC(C)CCCC(O)c1cncc2ccccc12. The molecule has 0 aliphatic rings. The molecular weight excluding hydrogens is 222 g/mol. The number of pyridine rings is 1. The number of benzene rings is 1. The van der Waals surface area contributed by atoms with Gasteiger partial charge in [-0.1, -0.05) is 51.0 Å². The third kappa shape index (κ3) is 3.08. The first-order valence-electron chi connectivity index (χ1n) is 6.69. The van der Waals surface area contributed by atoms with Gasteiger partial charge in [-0.25, -0.2) is 0 Å². The highest BCUT2D eigenvalue weighted by atomic mass is 16.3. The normalized spacial score (nSPS) is 13.1. The van der Waals surface area contributed by atoms with Gasteiger partial charge < -0.3 is 5.11 Å². The quantitative estimate of drug-likeness (QED) is 0.857. The highest BCUT2D eigenvalue weighted by Gasteiger charge is 2.11. The molecule has 0 saturated carbocycles. The summed E-state index contributed by atoms with van der Waals surface area (Å²) >= 11 is 0. The Morgan fingerprint density at radius 2 is 1.89 bits per heavy atom. The van der Waals surface area contributed by atoms with E-state index in [1.807, 2.05) is 24.4 Å². The van der Waals surface area contributed by atoms with Gasteiger partial charge in [-0.3, -0.25) is 4.98 Å². The fourth-order valence-electron chi connectivity index (χ4n) is 2.28. The maximum absolute atomic E-state index is 10.3. The van der Waals surface area contributed by atoms with E-state index >= 15 is 0 Å². The van der Waals surface area contributed by atoms with Crippen LogP contribution < -0.4 is 0 Å². The van der Waals surface area contributed by atoms with Crippen molar-refractivity contribution in [3.63, 3.8) is 0 Å². The minimum Gasteiger partial charge on any atom is -0.388 e. The first-order chi connectivity index (χ1) is 8.68. The second kappa shape index (κ2) is 5.96. The Kier molecular flexibility index (Phi) is 4.32. The van der Waals surface area contributed by atoms with Gasteiger partial charge in [0.05, 0.1) is 6.10 Å². The Labute approximate surface area is 109 Å².